The second kappa shape index (κ2) is 4.51. The predicted molar refractivity (Wildman–Crippen MR) is 47.7 cm³/mol. The molecule has 0 bridgehead atoms. The summed E-state index contributed by atoms with van der Waals surface area (Å²) in [6.07, 6.45) is 10.5. The standard InChI is InChI=1S/C9H11NO2/c1-8-4-2-3-5-9(12-11)7-10-6-8/h2-8,11H,1H3/b4-2?,5-3-,9-7-,10-6?/t8-/m0/s1. The number of rotatable bonds is 1. The number of hydrogen-bond acceptors (Lipinski definition) is 3. The molecule has 0 spiro atoms. The van der Waals surface area contributed by atoms with Crippen LogP contribution in [0.1, 0.15) is 6.92 Å². The van der Waals surface area contributed by atoms with Crippen molar-refractivity contribution in [2.45, 2.75) is 6.92 Å². The molecule has 0 aromatic rings. The van der Waals surface area contributed by atoms with Gasteiger partial charge in [0.1, 0.15) is 0 Å². The summed E-state index contributed by atoms with van der Waals surface area (Å²) in [6.45, 7) is 2.02. The molecule has 0 radical (unpaired) electrons. The number of allylic oxidation sites excluding steroid dienone is 4. The van der Waals surface area contributed by atoms with Gasteiger partial charge in [-0.3, -0.25) is 4.99 Å². The van der Waals surface area contributed by atoms with Crippen molar-refractivity contribution in [2.75, 3.05) is 0 Å². The third kappa shape index (κ3) is 2.72. The molecule has 1 aliphatic heterocycles. The lowest BCUT2D eigenvalue weighted by Crippen LogP contribution is -1.88. The Balaban J connectivity index is 2.80. The van der Waals surface area contributed by atoms with Crippen LogP contribution < -0.4 is 0 Å². The van der Waals surface area contributed by atoms with Gasteiger partial charge >= 0.3 is 0 Å². The lowest BCUT2D eigenvalue weighted by atomic mass is 10.2. The van der Waals surface area contributed by atoms with Gasteiger partial charge in [0.15, 0.2) is 5.76 Å². The Kier molecular flexibility index (Phi) is 3.29. The van der Waals surface area contributed by atoms with Crippen molar-refractivity contribution >= 4 is 6.21 Å². The van der Waals surface area contributed by atoms with Crippen molar-refractivity contribution in [3.63, 3.8) is 0 Å². The minimum Gasteiger partial charge on any atom is -0.339 e. The van der Waals surface area contributed by atoms with Gasteiger partial charge in [0.2, 0.25) is 0 Å². The maximum atomic E-state index is 8.35. The first-order valence-electron chi connectivity index (χ1n) is 3.72. The largest absolute Gasteiger partial charge is 0.339 e. The highest BCUT2D eigenvalue weighted by atomic mass is 17.1. The maximum Gasteiger partial charge on any atom is 0.183 e. The first-order chi connectivity index (χ1) is 5.83. The minimum atomic E-state index is 0.295. The van der Waals surface area contributed by atoms with Crippen LogP contribution in [0.5, 0.6) is 0 Å². The van der Waals surface area contributed by atoms with Crippen LogP contribution in [0.2, 0.25) is 0 Å². The summed E-state index contributed by atoms with van der Waals surface area (Å²) in [4.78, 5) is 7.99. The van der Waals surface area contributed by atoms with E-state index in [9.17, 15) is 0 Å². The Bertz CT molecular complexity index is 251. The van der Waals surface area contributed by atoms with Crippen molar-refractivity contribution in [3.05, 3.63) is 36.3 Å². The molecule has 0 fully saturated rings. The van der Waals surface area contributed by atoms with Crippen LogP contribution in [0.15, 0.2) is 41.3 Å². The molecule has 3 heteroatoms. The van der Waals surface area contributed by atoms with Crippen LogP contribution in [0.4, 0.5) is 0 Å². The first kappa shape index (κ1) is 8.74. The monoisotopic (exact) mass is 165 g/mol. The predicted octanol–water partition coefficient (Wildman–Crippen LogP) is 2.15. The summed E-state index contributed by atoms with van der Waals surface area (Å²) in [5, 5.41) is 8.35. The first-order valence-corrected chi connectivity index (χ1v) is 3.72. The van der Waals surface area contributed by atoms with E-state index in [-0.39, 0.29) is 0 Å². The van der Waals surface area contributed by atoms with E-state index in [4.69, 9.17) is 5.26 Å². The zero-order valence-electron chi connectivity index (χ0n) is 6.84. The smallest absolute Gasteiger partial charge is 0.183 e. The molecular weight excluding hydrogens is 154 g/mol. The highest BCUT2D eigenvalue weighted by Gasteiger charge is 1.93. The molecule has 12 heavy (non-hydrogen) atoms. The zero-order valence-corrected chi connectivity index (χ0v) is 6.84. The topological polar surface area (TPSA) is 41.8 Å². The molecule has 1 aliphatic rings. The number of nitrogens with zero attached hydrogens (tertiary/aromatic N) is 1. The second-order valence-electron chi connectivity index (χ2n) is 2.52. The molecular formula is C9H11NO2. The van der Waals surface area contributed by atoms with E-state index in [2.05, 4.69) is 9.88 Å². The molecule has 0 unspecified atom stereocenters. The molecule has 1 heterocycles. The highest BCUT2D eigenvalue weighted by molar-refractivity contribution is 5.63. The van der Waals surface area contributed by atoms with Gasteiger partial charge in [-0.25, -0.2) is 5.26 Å². The van der Waals surface area contributed by atoms with E-state index in [1.165, 1.54) is 6.20 Å². The molecule has 0 amide bonds. The van der Waals surface area contributed by atoms with Gasteiger partial charge < -0.3 is 4.89 Å². The molecule has 64 valence electrons. The van der Waals surface area contributed by atoms with E-state index < -0.39 is 0 Å². The van der Waals surface area contributed by atoms with Gasteiger partial charge in [0.05, 0.1) is 6.20 Å². The summed E-state index contributed by atoms with van der Waals surface area (Å²) in [5.74, 6) is 0.619. The Morgan fingerprint density at radius 1 is 1.50 bits per heavy atom. The summed E-state index contributed by atoms with van der Waals surface area (Å²) >= 11 is 0. The fourth-order valence-corrected chi connectivity index (χ4v) is 0.789. The van der Waals surface area contributed by atoms with Gasteiger partial charge in [-0.1, -0.05) is 25.2 Å². The zero-order chi connectivity index (χ0) is 8.81. The van der Waals surface area contributed by atoms with Crippen molar-refractivity contribution in [2.24, 2.45) is 10.9 Å². The normalized spacial score (nSPS) is 29.5. The average molecular weight is 165 g/mol. The fourth-order valence-electron chi connectivity index (χ4n) is 0.789. The third-order valence-electron chi connectivity index (χ3n) is 1.41. The van der Waals surface area contributed by atoms with Crippen molar-refractivity contribution in [1.29, 1.82) is 0 Å². The van der Waals surface area contributed by atoms with Crippen LogP contribution >= 0.6 is 0 Å². The summed E-state index contributed by atoms with van der Waals surface area (Å²) < 4.78 is 0. The molecule has 0 aliphatic carbocycles. The van der Waals surface area contributed by atoms with Gasteiger partial charge in [0, 0.05) is 12.1 Å². The summed E-state index contributed by atoms with van der Waals surface area (Å²) in [6, 6.07) is 0. The molecule has 3 nitrogen and oxygen atoms in total. The van der Waals surface area contributed by atoms with E-state index in [1.54, 1.807) is 18.4 Å². The van der Waals surface area contributed by atoms with Crippen LogP contribution in [0.25, 0.3) is 0 Å². The number of aliphatic imine (C=N–C) groups is 1. The lowest BCUT2D eigenvalue weighted by Gasteiger charge is -1.92. The molecule has 1 atom stereocenters. The Morgan fingerprint density at radius 2 is 2.33 bits per heavy atom. The van der Waals surface area contributed by atoms with Crippen molar-refractivity contribution < 1.29 is 10.1 Å². The number of hydrogen-bond donors (Lipinski definition) is 1. The van der Waals surface area contributed by atoms with Gasteiger partial charge in [0.25, 0.3) is 0 Å². The average Bonchev–Trinajstić information content (AvgIpc) is 2.17. The fraction of sp³-hybridized carbons (Fsp3) is 0.222. The van der Waals surface area contributed by atoms with E-state index >= 15 is 0 Å². The minimum absolute atomic E-state index is 0.295. The maximum absolute atomic E-state index is 8.35. The Morgan fingerprint density at radius 3 is 3.08 bits per heavy atom. The van der Waals surface area contributed by atoms with Crippen LogP contribution in [-0.4, -0.2) is 11.5 Å². The third-order valence-corrected chi connectivity index (χ3v) is 1.41. The van der Waals surface area contributed by atoms with Crippen molar-refractivity contribution in [1.82, 2.24) is 0 Å². The van der Waals surface area contributed by atoms with E-state index in [0.717, 1.165) is 0 Å². The molecule has 0 saturated carbocycles. The van der Waals surface area contributed by atoms with Crippen molar-refractivity contribution in [3.8, 4) is 0 Å². The van der Waals surface area contributed by atoms with E-state index in [1.807, 2.05) is 19.1 Å². The molecule has 0 aromatic carbocycles. The summed E-state index contributed by atoms with van der Waals surface area (Å²) in [5.41, 5.74) is 0. The van der Waals surface area contributed by atoms with Gasteiger partial charge in [-0.05, 0) is 6.08 Å². The molecule has 0 saturated heterocycles. The van der Waals surface area contributed by atoms with Crippen LogP contribution in [0.3, 0.4) is 0 Å². The molecule has 1 N–H and O–H groups in total. The SMILES string of the molecule is C[C@H]1C=C/C=C\C(OO)=C\N=C1. The van der Waals surface area contributed by atoms with Gasteiger partial charge in [-0.15, -0.1) is 0 Å². The lowest BCUT2D eigenvalue weighted by molar-refractivity contribution is -0.198. The Hall–Kier alpha value is -1.35. The molecule has 1 rings (SSSR count). The summed E-state index contributed by atoms with van der Waals surface area (Å²) in [7, 11) is 0. The van der Waals surface area contributed by atoms with Crippen LogP contribution in [0, 0.1) is 5.92 Å². The van der Waals surface area contributed by atoms with Gasteiger partial charge in [-0.2, -0.15) is 0 Å². The quantitative estimate of drug-likeness (QED) is 0.477. The highest BCUT2D eigenvalue weighted by Crippen LogP contribution is 2.02. The molecule has 0 aromatic heterocycles. The Labute approximate surface area is 71.3 Å². The second-order valence-corrected chi connectivity index (χ2v) is 2.52. The van der Waals surface area contributed by atoms with E-state index in [0.29, 0.717) is 11.7 Å². The van der Waals surface area contributed by atoms with Crippen LogP contribution in [-0.2, 0) is 4.89 Å².